The number of hydrogen-bond acceptors (Lipinski definition) is 4. The Morgan fingerprint density at radius 2 is 2.12 bits per heavy atom. The molecule has 4 nitrogen and oxygen atoms in total. The summed E-state index contributed by atoms with van der Waals surface area (Å²) in [5.41, 5.74) is 4.50. The number of nitrogens with one attached hydrogen (secondary N) is 1. The van der Waals surface area contributed by atoms with Crippen LogP contribution in [0.5, 0.6) is 0 Å². The molecule has 2 heterocycles. The highest BCUT2D eigenvalue weighted by Gasteiger charge is 2.08. The van der Waals surface area contributed by atoms with Crippen LogP contribution in [0, 0.1) is 20.8 Å². The molecule has 0 unspecified atom stereocenters. The van der Waals surface area contributed by atoms with Crippen LogP contribution in [-0.2, 0) is 13.5 Å². The van der Waals surface area contributed by atoms with Gasteiger partial charge in [-0.05, 0) is 20.8 Å². The first-order chi connectivity index (χ1) is 8.08. The first-order valence-electron chi connectivity index (χ1n) is 5.73. The van der Waals surface area contributed by atoms with Crippen LogP contribution in [0.15, 0.2) is 5.38 Å². The predicted molar refractivity (Wildman–Crippen MR) is 71.7 cm³/mol. The Balaban J connectivity index is 1.94. The first kappa shape index (κ1) is 12.1. The lowest BCUT2D eigenvalue weighted by molar-refractivity contribution is 0.731. The molecule has 0 spiro atoms. The number of hydrogen-bond donors (Lipinski definition) is 1. The van der Waals surface area contributed by atoms with Gasteiger partial charge in [-0.2, -0.15) is 5.10 Å². The average molecular weight is 250 g/mol. The van der Waals surface area contributed by atoms with Crippen molar-refractivity contribution in [2.75, 3.05) is 11.9 Å². The van der Waals surface area contributed by atoms with E-state index < -0.39 is 0 Å². The number of nitrogens with zero attached hydrogens (tertiary/aromatic N) is 3. The summed E-state index contributed by atoms with van der Waals surface area (Å²) in [6.07, 6.45) is 0.965. The van der Waals surface area contributed by atoms with Crippen molar-refractivity contribution in [3.8, 4) is 0 Å². The van der Waals surface area contributed by atoms with E-state index in [4.69, 9.17) is 0 Å². The van der Waals surface area contributed by atoms with Crippen molar-refractivity contribution >= 4 is 17.0 Å². The molecule has 2 aromatic heterocycles. The molecule has 17 heavy (non-hydrogen) atoms. The third-order valence-corrected chi connectivity index (χ3v) is 3.84. The molecular weight excluding hydrogens is 232 g/mol. The lowest BCUT2D eigenvalue weighted by Crippen LogP contribution is -2.06. The Bertz CT molecular complexity index is 513. The Hall–Kier alpha value is -1.36. The fourth-order valence-corrected chi connectivity index (χ4v) is 2.62. The second-order valence-electron chi connectivity index (χ2n) is 4.23. The smallest absolute Gasteiger partial charge is 0.0945 e. The zero-order chi connectivity index (χ0) is 12.4. The number of anilines is 1. The van der Waals surface area contributed by atoms with E-state index in [2.05, 4.69) is 27.7 Å². The summed E-state index contributed by atoms with van der Waals surface area (Å²) in [6.45, 7) is 7.04. The van der Waals surface area contributed by atoms with E-state index in [1.165, 1.54) is 10.7 Å². The quantitative estimate of drug-likeness (QED) is 0.906. The molecular formula is C12H18N4S. The molecule has 0 bridgehead atoms. The summed E-state index contributed by atoms with van der Waals surface area (Å²) in [5.74, 6) is 0. The topological polar surface area (TPSA) is 42.7 Å². The van der Waals surface area contributed by atoms with E-state index in [0.29, 0.717) is 0 Å². The second kappa shape index (κ2) is 4.87. The van der Waals surface area contributed by atoms with Gasteiger partial charge in [0.25, 0.3) is 0 Å². The maximum absolute atomic E-state index is 4.45. The van der Waals surface area contributed by atoms with Crippen LogP contribution in [0.3, 0.4) is 0 Å². The summed E-state index contributed by atoms with van der Waals surface area (Å²) >= 11 is 1.73. The lowest BCUT2D eigenvalue weighted by Gasteiger charge is -2.05. The van der Waals surface area contributed by atoms with Crippen LogP contribution in [-0.4, -0.2) is 21.3 Å². The van der Waals surface area contributed by atoms with Gasteiger partial charge >= 0.3 is 0 Å². The van der Waals surface area contributed by atoms with Crippen LogP contribution in [0.2, 0.25) is 0 Å². The lowest BCUT2D eigenvalue weighted by atomic mass is 10.3. The van der Waals surface area contributed by atoms with Crippen molar-refractivity contribution in [2.24, 2.45) is 7.05 Å². The Kier molecular flexibility index (Phi) is 3.47. The Morgan fingerprint density at radius 3 is 2.65 bits per heavy atom. The van der Waals surface area contributed by atoms with E-state index >= 15 is 0 Å². The summed E-state index contributed by atoms with van der Waals surface area (Å²) in [4.78, 5) is 4.45. The average Bonchev–Trinajstić information content (AvgIpc) is 2.78. The molecule has 0 fully saturated rings. The summed E-state index contributed by atoms with van der Waals surface area (Å²) < 4.78 is 1.91. The molecule has 1 N–H and O–H groups in total. The largest absolute Gasteiger partial charge is 0.382 e. The molecule has 0 aliphatic heterocycles. The van der Waals surface area contributed by atoms with Crippen LogP contribution in [0.1, 0.15) is 22.1 Å². The van der Waals surface area contributed by atoms with Gasteiger partial charge < -0.3 is 5.32 Å². The molecule has 2 rings (SSSR count). The Morgan fingerprint density at radius 1 is 1.35 bits per heavy atom. The van der Waals surface area contributed by atoms with Gasteiger partial charge in [-0.25, -0.2) is 4.98 Å². The van der Waals surface area contributed by atoms with E-state index in [-0.39, 0.29) is 0 Å². The van der Waals surface area contributed by atoms with Crippen molar-refractivity contribution in [3.63, 3.8) is 0 Å². The van der Waals surface area contributed by atoms with Crippen LogP contribution < -0.4 is 5.32 Å². The summed E-state index contributed by atoms with van der Waals surface area (Å²) in [6, 6.07) is 0. The number of rotatable bonds is 4. The highest BCUT2D eigenvalue weighted by atomic mass is 32.1. The number of aromatic nitrogens is 3. The van der Waals surface area contributed by atoms with Crippen molar-refractivity contribution in [1.29, 1.82) is 0 Å². The molecule has 0 aliphatic rings. The molecule has 0 amide bonds. The van der Waals surface area contributed by atoms with Gasteiger partial charge in [-0.1, -0.05) is 0 Å². The molecule has 92 valence electrons. The minimum absolute atomic E-state index is 0.903. The van der Waals surface area contributed by atoms with Gasteiger partial charge in [0.05, 0.1) is 22.1 Å². The van der Waals surface area contributed by atoms with Gasteiger partial charge in [0.15, 0.2) is 0 Å². The maximum atomic E-state index is 4.45. The van der Waals surface area contributed by atoms with Crippen LogP contribution in [0.25, 0.3) is 0 Å². The molecule has 2 aromatic rings. The normalized spacial score (nSPS) is 10.8. The molecule has 0 atom stereocenters. The Labute approximate surface area is 106 Å². The molecule has 0 aromatic carbocycles. The standard InChI is InChI=1S/C12H18N4S/c1-8-7-17-11(14-8)5-6-13-12-9(2)15-16(4)10(12)3/h7,13H,5-6H2,1-4H3. The van der Waals surface area contributed by atoms with E-state index in [1.807, 2.05) is 25.6 Å². The fourth-order valence-electron chi connectivity index (χ4n) is 1.84. The fraction of sp³-hybridized carbons (Fsp3) is 0.500. The van der Waals surface area contributed by atoms with Gasteiger partial charge in [-0.3, -0.25) is 4.68 Å². The number of thiazole rings is 1. The van der Waals surface area contributed by atoms with Crippen LogP contribution in [0.4, 0.5) is 5.69 Å². The van der Waals surface area contributed by atoms with Gasteiger partial charge in [-0.15, -0.1) is 11.3 Å². The van der Waals surface area contributed by atoms with Gasteiger partial charge in [0, 0.05) is 31.1 Å². The summed E-state index contributed by atoms with van der Waals surface area (Å²) in [7, 11) is 1.97. The zero-order valence-electron chi connectivity index (χ0n) is 10.7. The van der Waals surface area contributed by atoms with Crippen molar-refractivity contribution < 1.29 is 0 Å². The van der Waals surface area contributed by atoms with E-state index in [1.54, 1.807) is 11.3 Å². The molecule has 5 heteroatoms. The van der Waals surface area contributed by atoms with Crippen molar-refractivity contribution in [2.45, 2.75) is 27.2 Å². The number of aryl methyl sites for hydroxylation is 3. The van der Waals surface area contributed by atoms with Gasteiger partial charge in [0.1, 0.15) is 0 Å². The second-order valence-corrected chi connectivity index (χ2v) is 5.17. The van der Waals surface area contributed by atoms with Crippen molar-refractivity contribution in [1.82, 2.24) is 14.8 Å². The minimum atomic E-state index is 0.903. The maximum Gasteiger partial charge on any atom is 0.0945 e. The third-order valence-electron chi connectivity index (χ3n) is 2.82. The van der Waals surface area contributed by atoms with Crippen LogP contribution >= 0.6 is 11.3 Å². The van der Waals surface area contributed by atoms with E-state index in [9.17, 15) is 0 Å². The summed E-state index contributed by atoms with van der Waals surface area (Å²) in [5, 5.41) is 11.1. The highest BCUT2D eigenvalue weighted by molar-refractivity contribution is 7.09. The molecule has 0 saturated carbocycles. The molecule has 0 radical (unpaired) electrons. The zero-order valence-corrected chi connectivity index (χ0v) is 11.6. The van der Waals surface area contributed by atoms with Gasteiger partial charge in [0.2, 0.25) is 0 Å². The predicted octanol–water partition coefficient (Wildman–Crippen LogP) is 2.46. The highest BCUT2D eigenvalue weighted by Crippen LogP contribution is 2.18. The first-order valence-corrected chi connectivity index (χ1v) is 6.61. The minimum Gasteiger partial charge on any atom is -0.382 e. The SMILES string of the molecule is Cc1csc(CCNc2c(C)nn(C)c2C)n1. The molecule has 0 aliphatic carbocycles. The molecule has 0 saturated heterocycles. The van der Waals surface area contributed by atoms with Crippen molar-refractivity contribution in [3.05, 3.63) is 27.5 Å². The monoisotopic (exact) mass is 250 g/mol. The van der Waals surface area contributed by atoms with E-state index in [0.717, 1.165) is 30.0 Å². The third kappa shape index (κ3) is 2.66.